The number of aromatic carboxylic acids is 1. The third-order valence-electron chi connectivity index (χ3n) is 2.08. The Kier molecular flexibility index (Phi) is 3.40. The molecule has 2 aromatic carbocycles. The van der Waals surface area contributed by atoms with Crippen molar-refractivity contribution in [2.24, 2.45) is 0 Å². The quantitative estimate of drug-likeness (QED) is 0.851. The molecule has 3 heteroatoms. The molecule has 0 spiro atoms. The van der Waals surface area contributed by atoms with Crippen molar-refractivity contribution in [2.45, 2.75) is 0 Å². The van der Waals surface area contributed by atoms with Crippen molar-refractivity contribution in [3.8, 4) is 0 Å². The van der Waals surface area contributed by atoms with E-state index in [9.17, 15) is 4.79 Å². The second kappa shape index (κ2) is 4.97. The minimum atomic E-state index is -0.876. The Bertz CT molecular complexity index is 477. The van der Waals surface area contributed by atoms with Gasteiger partial charge < -0.3 is 0 Å². The molecule has 1 N–H and O–H groups in total. The van der Waals surface area contributed by atoms with Crippen molar-refractivity contribution in [1.29, 1.82) is 0 Å². The predicted molar refractivity (Wildman–Crippen MR) is 64.9 cm³/mol. The van der Waals surface area contributed by atoms with Gasteiger partial charge in [0.1, 0.15) is 0 Å². The van der Waals surface area contributed by atoms with Gasteiger partial charge in [-0.1, -0.05) is 0 Å². The van der Waals surface area contributed by atoms with Crippen LogP contribution >= 0.6 is 0 Å². The van der Waals surface area contributed by atoms with E-state index in [1.165, 1.54) is 8.92 Å². The van der Waals surface area contributed by atoms with Gasteiger partial charge in [0.2, 0.25) is 0 Å². The first-order valence-electron chi connectivity index (χ1n) is 4.82. The van der Waals surface area contributed by atoms with E-state index in [1.807, 2.05) is 30.3 Å². The van der Waals surface area contributed by atoms with Gasteiger partial charge in [-0.15, -0.1) is 0 Å². The maximum atomic E-state index is 10.7. The molecule has 0 fully saturated rings. The third kappa shape index (κ3) is 2.72. The van der Waals surface area contributed by atoms with Crippen LogP contribution in [-0.4, -0.2) is 26.0 Å². The molecule has 2 rings (SSSR count). The molecule has 2 aromatic rings. The summed E-state index contributed by atoms with van der Waals surface area (Å²) in [6.07, 6.45) is 0. The molecule has 0 unspecified atom stereocenters. The number of hydrogen-bond acceptors (Lipinski definition) is 1. The molecule has 0 aromatic heterocycles. The van der Waals surface area contributed by atoms with Gasteiger partial charge in [0, 0.05) is 0 Å². The standard InChI is InChI=1S/C13H10O2Se/c14-13(15)10-6-8-12(9-7-10)16-11-4-2-1-3-5-11/h1-9H,(H,14,15). The molecule has 0 atom stereocenters. The Morgan fingerprint density at radius 2 is 1.44 bits per heavy atom. The van der Waals surface area contributed by atoms with E-state index >= 15 is 0 Å². The average molecular weight is 277 g/mol. The first-order valence-corrected chi connectivity index (χ1v) is 6.53. The van der Waals surface area contributed by atoms with E-state index in [-0.39, 0.29) is 15.0 Å². The van der Waals surface area contributed by atoms with Crippen LogP contribution in [0.1, 0.15) is 10.4 Å². The number of benzene rings is 2. The molecule has 0 saturated heterocycles. The van der Waals surface area contributed by atoms with Crippen molar-refractivity contribution in [3.63, 3.8) is 0 Å². The molecule has 0 aliphatic heterocycles. The zero-order valence-corrected chi connectivity index (χ0v) is 10.2. The molecule has 0 heterocycles. The van der Waals surface area contributed by atoms with Crippen LogP contribution in [-0.2, 0) is 0 Å². The molecular weight excluding hydrogens is 267 g/mol. The molecule has 2 nitrogen and oxygen atoms in total. The van der Waals surface area contributed by atoms with Gasteiger partial charge >= 0.3 is 99.9 Å². The van der Waals surface area contributed by atoms with Crippen LogP contribution in [0.2, 0.25) is 0 Å². The monoisotopic (exact) mass is 278 g/mol. The van der Waals surface area contributed by atoms with E-state index in [0.29, 0.717) is 5.56 Å². The van der Waals surface area contributed by atoms with E-state index in [1.54, 1.807) is 12.1 Å². The van der Waals surface area contributed by atoms with Gasteiger partial charge in [-0.2, -0.15) is 0 Å². The molecule has 16 heavy (non-hydrogen) atoms. The average Bonchev–Trinajstić information content (AvgIpc) is 2.31. The molecular formula is C13H10O2Se. The van der Waals surface area contributed by atoms with Crippen LogP contribution in [0.15, 0.2) is 54.6 Å². The Hall–Kier alpha value is -1.57. The molecule has 0 aliphatic rings. The fraction of sp³-hybridized carbons (Fsp3) is 0. The predicted octanol–water partition coefficient (Wildman–Crippen LogP) is 1.04. The molecule has 0 bridgehead atoms. The van der Waals surface area contributed by atoms with Crippen LogP contribution in [0.4, 0.5) is 0 Å². The van der Waals surface area contributed by atoms with Crippen molar-refractivity contribution in [1.82, 2.24) is 0 Å². The third-order valence-corrected chi connectivity index (χ3v) is 4.21. The van der Waals surface area contributed by atoms with E-state index in [4.69, 9.17) is 5.11 Å². The number of carboxylic acid groups (broad SMARTS) is 1. The summed E-state index contributed by atoms with van der Waals surface area (Å²) >= 11 is 0.248. The van der Waals surface area contributed by atoms with Crippen LogP contribution in [0.5, 0.6) is 0 Å². The number of carboxylic acids is 1. The fourth-order valence-electron chi connectivity index (χ4n) is 1.29. The van der Waals surface area contributed by atoms with Crippen LogP contribution in [0.25, 0.3) is 0 Å². The Morgan fingerprint density at radius 3 is 2.00 bits per heavy atom. The maximum absolute atomic E-state index is 10.7. The summed E-state index contributed by atoms with van der Waals surface area (Å²) in [5, 5.41) is 8.77. The Balaban J connectivity index is 2.14. The minimum absolute atomic E-state index is 0.248. The van der Waals surface area contributed by atoms with Crippen molar-refractivity contribution >= 4 is 29.8 Å². The Morgan fingerprint density at radius 1 is 0.875 bits per heavy atom. The summed E-state index contributed by atoms with van der Waals surface area (Å²) in [5.41, 5.74) is 0.340. The SMILES string of the molecule is O=C(O)c1ccc([Se]c2ccccc2)cc1. The number of rotatable bonds is 3. The normalized spacial score (nSPS) is 10.0. The van der Waals surface area contributed by atoms with Crippen LogP contribution < -0.4 is 8.92 Å². The first kappa shape index (κ1) is 10.9. The van der Waals surface area contributed by atoms with Gasteiger partial charge in [-0.3, -0.25) is 0 Å². The summed E-state index contributed by atoms with van der Waals surface area (Å²) in [7, 11) is 0. The molecule has 80 valence electrons. The van der Waals surface area contributed by atoms with Gasteiger partial charge in [0.15, 0.2) is 0 Å². The van der Waals surface area contributed by atoms with E-state index in [2.05, 4.69) is 12.1 Å². The first-order chi connectivity index (χ1) is 7.75. The van der Waals surface area contributed by atoms with Crippen LogP contribution in [0.3, 0.4) is 0 Å². The summed E-state index contributed by atoms with van der Waals surface area (Å²) in [5.74, 6) is -0.876. The summed E-state index contributed by atoms with van der Waals surface area (Å²) in [4.78, 5) is 10.7. The van der Waals surface area contributed by atoms with Gasteiger partial charge in [-0.25, -0.2) is 0 Å². The van der Waals surface area contributed by atoms with Crippen molar-refractivity contribution in [2.75, 3.05) is 0 Å². The van der Waals surface area contributed by atoms with Crippen LogP contribution in [0, 0.1) is 0 Å². The summed E-state index contributed by atoms with van der Waals surface area (Å²) < 4.78 is 2.47. The number of hydrogen-bond donors (Lipinski definition) is 1. The molecule has 0 amide bonds. The zero-order chi connectivity index (χ0) is 11.4. The van der Waals surface area contributed by atoms with E-state index in [0.717, 1.165) is 0 Å². The second-order valence-electron chi connectivity index (χ2n) is 3.24. The number of carbonyl (C=O) groups is 1. The van der Waals surface area contributed by atoms with Crippen molar-refractivity contribution < 1.29 is 9.90 Å². The topological polar surface area (TPSA) is 37.3 Å². The summed E-state index contributed by atoms with van der Waals surface area (Å²) in [6, 6.07) is 17.3. The second-order valence-corrected chi connectivity index (χ2v) is 5.65. The van der Waals surface area contributed by atoms with Gasteiger partial charge in [0.05, 0.1) is 0 Å². The Labute approximate surface area is 100 Å². The van der Waals surface area contributed by atoms with Gasteiger partial charge in [0.25, 0.3) is 0 Å². The zero-order valence-electron chi connectivity index (χ0n) is 8.46. The molecule has 0 aliphatic carbocycles. The van der Waals surface area contributed by atoms with Crippen molar-refractivity contribution in [3.05, 3.63) is 60.2 Å². The van der Waals surface area contributed by atoms with E-state index < -0.39 is 5.97 Å². The molecule has 0 radical (unpaired) electrons. The molecule has 0 saturated carbocycles. The fourth-order valence-corrected chi connectivity index (χ4v) is 3.05. The van der Waals surface area contributed by atoms with Gasteiger partial charge in [-0.05, 0) is 0 Å². The summed E-state index contributed by atoms with van der Waals surface area (Å²) in [6.45, 7) is 0.